The Kier molecular flexibility index (Phi) is 35.4. The van der Waals surface area contributed by atoms with Gasteiger partial charge in [-0.15, -0.1) is 0 Å². The van der Waals surface area contributed by atoms with Gasteiger partial charge in [0, 0.05) is 56.3 Å². The average Bonchev–Trinajstić information content (AvgIpc) is 0.870. The van der Waals surface area contributed by atoms with Crippen molar-refractivity contribution in [3.8, 4) is 0 Å². The molecule has 26 heteroatoms. The lowest BCUT2D eigenvalue weighted by Gasteiger charge is -2.41. The Morgan fingerprint density at radius 2 is 0.967 bits per heavy atom. The van der Waals surface area contributed by atoms with Gasteiger partial charge in [0.1, 0.15) is 67.0 Å². The van der Waals surface area contributed by atoms with Crippen LogP contribution in [-0.4, -0.2) is 253 Å². The lowest BCUT2D eigenvalue weighted by atomic mass is 9.91. The number of hydrogen-bond acceptors (Lipinski definition) is 15. The van der Waals surface area contributed by atoms with Gasteiger partial charge in [0.05, 0.1) is 25.9 Å². The fraction of sp³-hybridized carbons (Fsp3) is 0.788. The maximum absolute atomic E-state index is 15.3. The van der Waals surface area contributed by atoms with Gasteiger partial charge in [0.15, 0.2) is 0 Å². The normalized spacial score (nSPS) is 25.7. The molecule has 0 bridgehead atoms. The molecule has 526 valence electrons. The van der Waals surface area contributed by atoms with E-state index in [4.69, 9.17) is 9.47 Å². The number of aliphatic hydroxyl groups is 1. The van der Waals surface area contributed by atoms with E-state index in [1.54, 1.807) is 60.6 Å². The van der Waals surface area contributed by atoms with Gasteiger partial charge >= 0.3 is 5.97 Å². The first kappa shape index (κ1) is 83.3. The Morgan fingerprint density at radius 3 is 1.43 bits per heavy atom. The molecule has 0 aromatic carbocycles. The molecule has 1 rings (SSSR count). The third-order valence-corrected chi connectivity index (χ3v) is 16.8. The van der Waals surface area contributed by atoms with Crippen molar-refractivity contribution in [1.82, 2.24) is 55.6 Å². The maximum Gasteiger partial charge on any atom is 0.302 e. The zero-order chi connectivity index (χ0) is 71.1. The lowest BCUT2D eigenvalue weighted by Crippen LogP contribution is -2.63. The summed E-state index contributed by atoms with van der Waals surface area (Å²) in [7, 11) is 9.73. The molecule has 26 nitrogen and oxygen atoms in total. The second-order valence-corrected chi connectivity index (χ2v) is 27.3. The molecular formula is C66H117N11O15. The summed E-state index contributed by atoms with van der Waals surface area (Å²) in [5.41, 5.74) is 0. The number of allylic oxidation sites excluding steroid dienone is 2. The summed E-state index contributed by atoms with van der Waals surface area (Å²) in [4.78, 5) is 182. The number of esters is 1. The highest BCUT2D eigenvalue weighted by Gasteiger charge is 2.46. The van der Waals surface area contributed by atoms with Gasteiger partial charge in [-0.2, -0.15) is 0 Å². The van der Waals surface area contributed by atoms with Crippen molar-refractivity contribution >= 4 is 70.9 Å². The predicted octanol–water partition coefficient (Wildman–Crippen LogP) is 2.83. The van der Waals surface area contributed by atoms with Crippen LogP contribution >= 0.6 is 0 Å². The fourth-order valence-electron chi connectivity index (χ4n) is 11.1. The van der Waals surface area contributed by atoms with E-state index in [0.29, 0.717) is 0 Å². The SMILES string of the molecule is C/C=C/C[C@@H](C)[C@@H](O)[C@H]1C(=O)N[C@@H](CC)C(=O)N(C)CC(=O)N(C)[C@@H](CC(C)C)C(=O)N[C@@H](C(C)C)C(=O)N(C)[C@@H](CC(C)C)C(=O)N[C@@H](C)C(=O)N[C@H](COCCOC(C)=O)C(=O)N(C)[C@@H](CC(C)C)C(=O)N(C)[C@@H](CC(C)C)C(=O)N(C)[C@@H](C(C)C)C(=O)N1C. The first-order valence-corrected chi connectivity index (χ1v) is 32.7. The summed E-state index contributed by atoms with van der Waals surface area (Å²) in [5.74, 6) is -11.2. The molecule has 1 aliphatic rings. The van der Waals surface area contributed by atoms with E-state index in [-0.39, 0.29) is 75.4 Å². The molecule has 1 aliphatic heterocycles. The molecule has 1 saturated heterocycles. The lowest BCUT2D eigenvalue weighted by molar-refractivity contribution is -0.157. The van der Waals surface area contributed by atoms with E-state index >= 15 is 14.4 Å². The van der Waals surface area contributed by atoms with Crippen LogP contribution in [0.3, 0.4) is 0 Å². The third-order valence-electron chi connectivity index (χ3n) is 16.8. The zero-order valence-corrected chi connectivity index (χ0v) is 59.9. The molecule has 0 spiro atoms. The van der Waals surface area contributed by atoms with Gasteiger partial charge in [-0.3, -0.25) is 57.5 Å². The summed E-state index contributed by atoms with van der Waals surface area (Å²) >= 11 is 0. The molecule has 12 atom stereocenters. The minimum Gasteiger partial charge on any atom is -0.463 e. The second-order valence-electron chi connectivity index (χ2n) is 27.3. The van der Waals surface area contributed by atoms with Crippen molar-refractivity contribution in [1.29, 1.82) is 0 Å². The van der Waals surface area contributed by atoms with Crippen LogP contribution in [0.5, 0.6) is 0 Å². The Bertz CT molecular complexity index is 2520. The van der Waals surface area contributed by atoms with E-state index in [1.807, 2.05) is 55.4 Å². The Labute approximate surface area is 548 Å². The minimum absolute atomic E-state index is 0.00401. The smallest absolute Gasteiger partial charge is 0.302 e. The molecule has 92 heavy (non-hydrogen) atoms. The fourth-order valence-corrected chi connectivity index (χ4v) is 11.1. The van der Waals surface area contributed by atoms with E-state index in [1.165, 1.54) is 82.8 Å². The van der Waals surface area contributed by atoms with Crippen LogP contribution < -0.4 is 21.3 Å². The molecule has 5 N–H and O–H groups in total. The highest BCUT2D eigenvalue weighted by molar-refractivity contribution is 5.99. The molecule has 0 aromatic rings. The van der Waals surface area contributed by atoms with Crippen LogP contribution in [0.25, 0.3) is 0 Å². The van der Waals surface area contributed by atoms with Gasteiger partial charge in [-0.25, -0.2) is 0 Å². The van der Waals surface area contributed by atoms with Crippen LogP contribution in [0, 0.1) is 41.4 Å². The van der Waals surface area contributed by atoms with E-state index < -0.39 is 168 Å². The van der Waals surface area contributed by atoms with Gasteiger partial charge in [-0.05, 0) is 93.8 Å². The van der Waals surface area contributed by atoms with Crippen LogP contribution in [0.15, 0.2) is 12.2 Å². The van der Waals surface area contributed by atoms with Crippen molar-refractivity contribution in [2.24, 2.45) is 41.4 Å². The molecule has 1 heterocycles. The number of carbonyl (C=O) groups is 12. The molecule has 0 radical (unpaired) electrons. The number of aliphatic hydroxyl groups excluding tert-OH is 1. The van der Waals surface area contributed by atoms with Crippen molar-refractivity contribution in [3.63, 3.8) is 0 Å². The highest BCUT2D eigenvalue weighted by Crippen LogP contribution is 2.26. The van der Waals surface area contributed by atoms with Crippen LogP contribution in [0.2, 0.25) is 0 Å². The summed E-state index contributed by atoms with van der Waals surface area (Å²) in [6.07, 6.45) is 2.73. The summed E-state index contributed by atoms with van der Waals surface area (Å²) in [5, 5.41) is 23.1. The van der Waals surface area contributed by atoms with E-state index in [2.05, 4.69) is 21.3 Å². The highest BCUT2D eigenvalue weighted by atomic mass is 16.6. The van der Waals surface area contributed by atoms with E-state index in [9.17, 15) is 48.3 Å². The van der Waals surface area contributed by atoms with E-state index in [0.717, 1.165) is 14.7 Å². The quantitative estimate of drug-likeness (QED) is 0.0665. The monoisotopic (exact) mass is 1300 g/mol. The predicted molar refractivity (Wildman–Crippen MR) is 350 cm³/mol. The Morgan fingerprint density at radius 1 is 0.522 bits per heavy atom. The molecule has 0 unspecified atom stereocenters. The number of carbonyl (C=O) groups excluding carboxylic acids is 12. The number of hydrogen-bond donors (Lipinski definition) is 5. The largest absolute Gasteiger partial charge is 0.463 e. The molecule has 0 saturated carbocycles. The van der Waals surface area contributed by atoms with Crippen LogP contribution in [-0.2, 0) is 67.0 Å². The first-order chi connectivity index (χ1) is 42.6. The molecule has 0 aliphatic carbocycles. The molecule has 1 fully saturated rings. The first-order valence-electron chi connectivity index (χ1n) is 32.7. The van der Waals surface area contributed by atoms with Crippen LogP contribution in [0.1, 0.15) is 156 Å². The number of ether oxygens (including phenoxy) is 2. The van der Waals surface area contributed by atoms with Crippen molar-refractivity contribution in [2.45, 2.75) is 223 Å². The minimum atomic E-state index is -1.64. The number of nitrogens with zero attached hydrogens (tertiary/aromatic N) is 7. The summed E-state index contributed by atoms with van der Waals surface area (Å²) in [6.45, 7) is 27.8. The molecule has 11 amide bonds. The van der Waals surface area contributed by atoms with Gasteiger partial charge < -0.3 is 70.1 Å². The third kappa shape index (κ3) is 24.6. The number of rotatable bonds is 20. The van der Waals surface area contributed by atoms with Gasteiger partial charge in [-0.1, -0.05) is 109 Å². The maximum atomic E-state index is 15.3. The van der Waals surface area contributed by atoms with Crippen molar-refractivity contribution < 1.29 is 72.1 Å². The number of likely N-dealkylation sites (N-methyl/N-ethyl adjacent to an activating group) is 7. The van der Waals surface area contributed by atoms with Crippen LogP contribution in [0.4, 0.5) is 0 Å². The Balaban J connectivity index is 4.47. The second kappa shape index (κ2) is 39.1. The molecular weight excluding hydrogens is 1190 g/mol. The topological polar surface area (TPSA) is 314 Å². The van der Waals surface area contributed by atoms with Gasteiger partial charge in [0.2, 0.25) is 65.0 Å². The van der Waals surface area contributed by atoms with Gasteiger partial charge in [0.25, 0.3) is 0 Å². The Hall–Kier alpha value is -6.70. The summed E-state index contributed by atoms with van der Waals surface area (Å²) in [6, 6.07) is -13.2. The standard InChI is InChI=1S/C66H117N11O15/c1-25-27-28-43(15)56(80)55-60(84)68-46(26-2)61(85)71(18)35-52(79)72(19)48(31-37(3)4)59(83)70-53(41(11)12)65(89)73(20)49(32-38(5)6)58(82)67-44(16)57(81)69-47(36-91-29-30-92-45(17)78)62(86)74(21)50(33-39(7)8)63(87)75(22)51(34-40(9)10)64(88)76(23)54(42(13)14)66(90)77(55)24/h25,27,37-44,46-51,53-56,80H,26,28-36H2,1-24H3,(H,67,82)(H,68,84)(H,69,81)(H,70,83)/b27-25+/t43-,44+,46+,47-,48+,49+,50+,51+,53+,54+,55+,56-/m1/s1. The molecule has 0 aromatic heterocycles. The van der Waals surface area contributed by atoms with Crippen molar-refractivity contribution in [3.05, 3.63) is 12.2 Å². The number of amides is 11. The van der Waals surface area contributed by atoms with Crippen molar-refractivity contribution in [2.75, 3.05) is 75.7 Å². The number of nitrogens with one attached hydrogen (secondary N) is 4. The zero-order valence-electron chi connectivity index (χ0n) is 59.9. The average molecular weight is 1300 g/mol. The summed E-state index contributed by atoms with van der Waals surface area (Å²) < 4.78 is 10.8.